The monoisotopic (exact) mass is 434 g/mol. The molecule has 1 amide bonds. The topological polar surface area (TPSA) is 93.7 Å². The van der Waals surface area contributed by atoms with Crippen LogP contribution in [0, 0.1) is 0 Å². The molecule has 1 aliphatic heterocycles. The Morgan fingerprint density at radius 3 is 2.16 bits per heavy atom. The maximum Gasteiger partial charge on any atom is 0.416 e. The van der Waals surface area contributed by atoms with Crippen LogP contribution < -0.4 is 10.6 Å². The molecule has 2 N–H and O–H groups in total. The van der Waals surface area contributed by atoms with Crippen molar-refractivity contribution >= 4 is 29.2 Å². The molecule has 0 aromatic heterocycles. The van der Waals surface area contributed by atoms with Crippen LogP contribution in [0.4, 0.5) is 24.5 Å². The summed E-state index contributed by atoms with van der Waals surface area (Å²) in [5.74, 6) is -3.64. The number of anilines is 2. The molecule has 1 heterocycles. The molecule has 0 spiro atoms. The molecule has 0 aliphatic carbocycles. The van der Waals surface area contributed by atoms with Gasteiger partial charge in [-0.1, -0.05) is 6.07 Å². The van der Waals surface area contributed by atoms with E-state index in [4.69, 9.17) is 9.47 Å². The number of carbonyl (C=O) groups excluding carboxylic acids is 3. The van der Waals surface area contributed by atoms with E-state index in [1.807, 2.05) is 0 Å². The molecule has 0 unspecified atom stereocenters. The Morgan fingerprint density at radius 1 is 0.968 bits per heavy atom. The summed E-state index contributed by atoms with van der Waals surface area (Å²) in [6.45, 7) is 2.85. The van der Waals surface area contributed by atoms with E-state index in [1.54, 1.807) is 0 Å². The lowest BCUT2D eigenvalue weighted by atomic mass is 10.1. The summed E-state index contributed by atoms with van der Waals surface area (Å²) in [5.41, 5.74) is -0.571. The summed E-state index contributed by atoms with van der Waals surface area (Å²) in [5, 5.41) is 5.12. The Kier molecular flexibility index (Phi) is 5.74. The fraction of sp³-hybridized carbons (Fsp3) is 0.190. The predicted molar refractivity (Wildman–Crippen MR) is 104 cm³/mol. The van der Waals surface area contributed by atoms with Crippen LogP contribution in [0.15, 0.2) is 60.3 Å². The van der Waals surface area contributed by atoms with Crippen LogP contribution in [0.25, 0.3) is 0 Å². The quantitative estimate of drug-likeness (QED) is 0.428. The molecule has 1 saturated heterocycles. The van der Waals surface area contributed by atoms with Crippen molar-refractivity contribution < 1.29 is 37.0 Å². The van der Waals surface area contributed by atoms with E-state index in [9.17, 15) is 27.6 Å². The first-order valence-electron chi connectivity index (χ1n) is 8.97. The zero-order chi connectivity index (χ0) is 22.8. The van der Waals surface area contributed by atoms with E-state index in [0.29, 0.717) is 5.69 Å². The summed E-state index contributed by atoms with van der Waals surface area (Å²) in [4.78, 5) is 36.1. The highest BCUT2D eigenvalue weighted by atomic mass is 19.4. The highest BCUT2D eigenvalue weighted by molar-refractivity contribution is 6.15. The molecule has 7 nitrogen and oxygen atoms in total. The summed E-state index contributed by atoms with van der Waals surface area (Å²) in [6, 6.07) is 10.1. The Hall–Kier alpha value is -3.82. The van der Waals surface area contributed by atoms with E-state index in [2.05, 4.69) is 10.6 Å². The average Bonchev–Trinajstić information content (AvgIpc) is 2.66. The second-order valence-corrected chi connectivity index (χ2v) is 6.99. The van der Waals surface area contributed by atoms with Crippen LogP contribution in [0.3, 0.4) is 0 Å². The fourth-order valence-electron chi connectivity index (χ4n) is 2.63. The lowest BCUT2D eigenvalue weighted by molar-refractivity contribution is -0.222. The van der Waals surface area contributed by atoms with Gasteiger partial charge in [-0.3, -0.25) is 4.79 Å². The van der Waals surface area contributed by atoms with E-state index in [-0.39, 0.29) is 16.8 Å². The molecule has 1 fully saturated rings. The van der Waals surface area contributed by atoms with Gasteiger partial charge in [0.1, 0.15) is 0 Å². The Morgan fingerprint density at radius 2 is 1.58 bits per heavy atom. The molecule has 31 heavy (non-hydrogen) atoms. The van der Waals surface area contributed by atoms with Crippen LogP contribution in [0.2, 0.25) is 0 Å². The Bertz CT molecular complexity index is 1040. The van der Waals surface area contributed by atoms with Gasteiger partial charge < -0.3 is 20.1 Å². The van der Waals surface area contributed by atoms with Crippen LogP contribution in [0.1, 0.15) is 29.8 Å². The molecule has 2 aromatic carbocycles. The number of cyclic esters (lactones) is 2. The second kappa shape index (κ2) is 8.13. The molecular weight excluding hydrogens is 417 g/mol. The second-order valence-electron chi connectivity index (χ2n) is 6.99. The standard InChI is InChI=1S/C21H17F3N2O5/c1-20(2)30-18(28)16(19(29)31-20)11-25-14-8-6-12(7-9-14)17(27)26-15-5-3-4-13(10-15)21(22,23)24/h3-11,25H,1-2H3,(H,26,27). The zero-order valence-corrected chi connectivity index (χ0v) is 16.4. The first-order chi connectivity index (χ1) is 14.4. The molecule has 3 rings (SSSR count). The molecular formula is C21H17F3N2O5. The number of carbonyl (C=O) groups is 3. The molecule has 0 saturated carbocycles. The highest BCUT2D eigenvalue weighted by Gasteiger charge is 2.39. The molecule has 1 aliphatic rings. The van der Waals surface area contributed by atoms with Gasteiger partial charge in [-0.05, 0) is 42.5 Å². The maximum atomic E-state index is 12.8. The number of ether oxygens (including phenoxy) is 2. The summed E-state index contributed by atoms with van der Waals surface area (Å²) in [7, 11) is 0. The van der Waals surface area contributed by atoms with E-state index in [1.165, 1.54) is 50.2 Å². The van der Waals surface area contributed by atoms with E-state index in [0.717, 1.165) is 18.3 Å². The van der Waals surface area contributed by atoms with E-state index >= 15 is 0 Å². The number of nitrogens with one attached hydrogen (secondary N) is 2. The lowest BCUT2D eigenvalue weighted by Crippen LogP contribution is -2.42. The van der Waals surface area contributed by atoms with Crippen LogP contribution >= 0.6 is 0 Å². The van der Waals surface area contributed by atoms with Crippen molar-refractivity contribution in [1.82, 2.24) is 0 Å². The van der Waals surface area contributed by atoms with Gasteiger partial charge in [0.2, 0.25) is 0 Å². The summed E-state index contributed by atoms with van der Waals surface area (Å²) >= 11 is 0. The van der Waals surface area contributed by atoms with Gasteiger partial charge in [0.15, 0.2) is 5.57 Å². The summed E-state index contributed by atoms with van der Waals surface area (Å²) in [6.07, 6.45) is -3.40. The number of hydrogen-bond donors (Lipinski definition) is 2. The highest BCUT2D eigenvalue weighted by Crippen LogP contribution is 2.30. The third kappa shape index (κ3) is 5.41. The van der Waals surface area contributed by atoms with Crippen molar-refractivity contribution in [3.8, 4) is 0 Å². The van der Waals surface area contributed by atoms with Crippen molar-refractivity contribution in [2.24, 2.45) is 0 Å². The lowest BCUT2D eigenvalue weighted by Gasteiger charge is -2.29. The number of amides is 1. The third-order valence-corrected chi connectivity index (χ3v) is 4.09. The van der Waals surface area contributed by atoms with Crippen molar-refractivity contribution in [2.75, 3.05) is 10.6 Å². The summed E-state index contributed by atoms with van der Waals surface area (Å²) < 4.78 is 48.3. The number of esters is 2. The molecule has 10 heteroatoms. The largest absolute Gasteiger partial charge is 0.419 e. The van der Waals surface area contributed by atoms with Crippen molar-refractivity contribution in [1.29, 1.82) is 0 Å². The maximum absolute atomic E-state index is 12.8. The van der Waals surface area contributed by atoms with Crippen molar-refractivity contribution in [3.63, 3.8) is 0 Å². The van der Waals surface area contributed by atoms with Crippen molar-refractivity contribution in [3.05, 3.63) is 71.4 Å². The fourth-order valence-corrected chi connectivity index (χ4v) is 2.63. The van der Waals surface area contributed by atoms with Crippen molar-refractivity contribution in [2.45, 2.75) is 25.8 Å². The number of halogens is 3. The number of hydrogen-bond acceptors (Lipinski definition) is 6. The first kappa shape index (κ1) is 21.9. The Balaban J connectivity index is 1.66. The Labute approximate surface area is 174 Å². The molecule has 2 aromatic rings. The minimum absolute atomic E-state index is 0.00371. The van der Waals surface area contributed by atoms with Gasteiger partial charge in [-0.2, -0.15) is 13.2 Å². The minimum Gasteiger partial charge on any atom is -0.419 e. The number of rotatable bonds is 4. The smallest absolute Gasteiger partial charge is 0.416 e. The van der Waals surface area contributed by atoms with Gasteiger partial charge >= 0.3 is 18.1 Å². The zero-order valence-electron chi connectivity index (χ0n) is 16.4. The van der Waals surface area contributed by atoms with Gasteiger partial charge in [-0.15, -0.1) is 0 Å². The first-order valence-corrected chi connectivity index (χ1v) is 8.97. The van der Waals surface area contributed by atoms with Crippen LogP contribution in [-0.4, -0.2) is 23.6 Å². The minimum atomic E-state index is -4.52. The molecule has 0 atom stereocenters. The molecule has 162 valence electrons. The SMILES string of the molecule is CC1(C)OC(=O)C(=CNc2ccc(C(=O)Nc3cccc(C(F)(F)F)c3)cc2)C(=O)O1. The van der Waals surface area contributed by atoms with Crippen LogP contribution in [0.5, 0.6) is 0 Å². The van der Waals surface area contributed by atoms with Crippen LogP contribution in [-0.2, 0) is 25.2 Å². The molecule has 0 radical (unpaired) electrons. The normalized spacial score (nSPS) is 15.6. The van der Waals surface area contributed by atoms with Gasteiger partial charge in [-0.25, -0.2) is 9.59 Å². The average molecular weight is 434 g/mol. The molecule has 0 bridgehead atoms. The van der Waals surface area contributed by atoms with Gasteiger partial charge in [0.25, 0.3) is 11.7 Å². The third-order valence-electron chi connectivity index (χ3n) is 4.09. The predicted octanol–water partition coefficient (Wildman–Crippen LogP) is 4.09. The van der Waals surface area contributed by atoms with E-state index < -0.39 is 35.4 Å². The number of benzene rings is 2. The van der Waals surface area contributed by atoms with Gasteiger partial charge in [0, 0.05) is 37.0 Å². The van der Waals surface area contributed by atoms with Gasteiger partial charge in [0.05, 0.1) is 5.56 Å². The number of alkyl halides is 3.